The summed E-state index contributed by atoms with van der Waals surface area (Å²) in [5, 5.41) is 15.9. The minimum absolute atomic E-state index is 0.00831. The van der Waals surface area contributed by atoms with Crippen LogP contribution in [0.15, 0.2) is 65.8 Å². The van der Waals surface area contributed by atoms with Gasteiger partial charge in [-0.05, 0) is 29.3 Å². The van der Waals surface area contributed by atoms with Crippen LogP contribution < -0.4 is 4.74 Å². The number of nitrogens with zero attached hydrogens (tertiary/aromatic N) is 2. The first kappa shape index (κ1) is 21.9. The molecule has 0 atom stereocenters. The number of ether oxygens (including phenoxy) is 1. The van der Waals surface area contributed by atoms with E-state index in [1.54, 1.807) is 30.3 Å². The lowest BCUT2D eigenvalue weighted by atomic mass is 10.2. The lowest BCUT2D eigenvalue weighted by molar-refractivity contribution is -0.384. The van der Waals surface area contributed by atoms with E-state index in [-0.39, 0.29) is 18.9 Å². The van der Waals surface area contributed by atoms with Crippen molar-refractivity contribution in [3.8, 4) is 5.75 Å². The van der Waals surface area contributed by atoms with E-state index in [0.717, 1.165) is 5.56 Å². The summed E-state index contributed by atoms with van der Waals surface area (Å²) in [6, 6.07) is 16.7. The van der Waals surface area contributed by atoms with Crippen LogP contribution in [0.3, 0.4) is 0 Å². The van der Waals surface area contributed by atoms with Crippen molar-refractivity contribution in [3.63, 3.8) is 0 Å². The number of non-ortho nitro benzene ring substituents is 1. The molecule has 0 fully saturated rings. The molecule has 0 saturated carbocycles. The second-order valence-electron chi connectivity index (χ2n) is 6.13. The molecule has 3 aromatic rings. The number of hydrogen-bond acceptors (Lipinski definition) is 5. The van der Waals surface area contributed by atoms with E-state index in [9.17, 15) is 10.1 Å². The Morgan fingerprint density at radius 1 is 0.933 bits per heavy atom. The standard InChI is InChI=1S/C21H15Cl3N2O4/c22-18-7-2-1-5-16(18)13-29-21-19(23)9-15(10-20(21)24)11-25-30-12-14-4-3-6-17(8-14)26(27)28/h1-11H,12-13H2/b25-11-. The molecule has 0 aromatic heterocycles. The van der Waals surface area contributed by atoms with Crippen molar-refractivity contribution >= 4 is 46.7 Å². The fraction of sp³-hybridized carbons (Fsp3) is 0.0952. The molecule has 0 N–H and O–H groups in total. The van der Waals surface area contributed by atoms with Gasteiger partial charge in [0.15, 0.2) is 5.75 Å². The molecule has 9 heteroatoms. The van der Waals surface area contributed by atoms with Crippen LogP contribution in [0.1, 0.15) is 16.7 Å². The molecule has 30 heavy (non-hydrogen) atoms. The fourth-order valence-corrected chi connectivity index (χ4v) is 3.33. The van der Waals surface area contributed by atoms with Crippen LogP contribution in [0.2, 0.25) is 15.1 Å². The Morgan fingerprint density at radius 3 is 2.37 bits per heavy atom. The topological polar surface area (TPSA) is 74.0 Å². The van der Waals surface area contributed by atoms with E-state index < -0.39 is 4.92 Å². The largest absolute Gasteiger partial charge is 0.486 e. The number of nitro groups is 1. The molecular weight excluding hydrogens is 451 g/mol. The molecule has 0 aliphatic heterocycles. The van der Waals surface area contributed by atoms with Crippen molar-refractivity contribution in [1.29, 1.82) is 0 Å². The third-order valence-corrected chi connectivity index (χ3v) is 4.91. The van der Waals surface area contributed by atoms with Gasteiger partial charge in [0.2, 0.25) is 0 Å². The highest BCUT2D eigenvalue weighted by atomic mass is 35.5. The van der Waals surface area contributed by atoms with Crippen molar-refractivity contribution in [2.75, 3.05) is 0 Å². The zero-order valence-electron chi connectivity index (χ0n) is 15.4. The van der Waals surface area contributed by atoms with Crippen LogP contribution in [-0.2, 0) is 18.1 Å². The Morgan fingerprint density at radius 2 is 1.67 bits per heavy atom. The zero-order chi connectivity index (χ0) is 21.5. The summed E-state index contributed by atoms with van der Waals surface area (Å²) >= 11 is 18.7. The van der Waals surface area contributed by atoms with E-state index in [1.165, 1.54) is 18.3 Å². The van der Waals surface area contributed by atoms with Crippen molar-refractivity contribution in [2.45, 2.75) is 13.2 Å². The minimum atomic E-state index is -0.466. The van der Waals surface area contributed by atoms with Crippen LogP contribution in [0.5, 0.6) is 5.75 Å². The van der Waals surface area contributed by atoms with Gasteiger partial charge in [0.05, 0.1) is 21.2 Å². The Balaban J connectivity index is 1.61. The van der Waals surface area contributed by atoms with Crippen LogP contribution in [0.25, 0.3) is 0 Å². The van der Waals surface area contributed by atoms with Gasteiger partial charge in [-0.25, -0.2) is 0 Å². The van der Waals surface area contributed by atoms with E-state index in [2.05, 4.69) is 5.16 Å². The van der Waals surface area contributed by atoms with Crippen molar-refractivity contribution in [1.82, 2.24) is 0 Å². The lowest BCUT2D eigenvalue weighted by Crippen LogP contribution is -1.98. The predicted molar refractivity (Wildman–Crippen MR) is 118 cm³/mol. The maximum absolute atomic E-state index is 10.8. The Labute approximate surface area is 187 Å². The van der Waals surface area contributed by atoms with Gasteiger partial charge in [0, 0.05) is 22.7 Å². The quantitative estimate of drug-likeness (QED) is 0.211. The highest BCUT2D eigenvalue weighted by Crippen LogP contribution is 2.35. The first-order chi connectivity index (χ1) is 14.4. The SMILES string of the molecule is O=[N+]([O-])c1cccc(CO/N=C\c2cc(Cl)c(OCc3ccccc3Cl)c(Cl)c2)c1. The molecule has 0 bridgehead atoms. The Hall–Kier alpha value is -2.80. The van der Waals surface area contributed by atoms with E-state index >= 15 is 0 Å². The lowest BCUT2D eigenvalue weighted by Gasteiger charge is -2.11. The second kappa shape index (κ2) is 10.3. The van der Waals surface area contributed by atoms with Crippen molar-refractivity contribution < 1.29 is 14.5 Å². The molecule has 0 heterocycles. The molecule has 0 spiro atoms. The first-order valence-electron chi connectivity index (χ1n) is 8.68. The second-order valence-corrected chi connectivity index (χ2v) is 7.35. The van der Waals surface area contributed by atoms with Crippen LogP contribution in [0, 0.1) is 10.1 Å². The molecule has 0 aliphatic rings. The minimum Gasteiger partial charge on any atom is -0.486 e. The van der Waals surface area contributed by atoms with E-state index in [0.29, 0.717) is 31.9 Å². The Bertz CT molecular complexity index is 1070. The number of nitro benzene ring substituents is 1. The van der Waals surface area contributed by atoms with Crippen LogP contribution >= 0.6 is 34.8 Å². The first-order valence-corrected chi connectivity index (χ1v) is 9.81. The van der Waals surface area contributed by atoms with E-state index in [1.807, 2.05) is 18.2 Å². The monoisotopic (exact) mass is 464 g/mol. The highest BCUT2D eigenvalue weighted by Gasteiger charge is 2.11. The van der Waals surface area contributed by atoms with Gasteiger partial charge in [-0.1, -0.05) is 70.3 Å². The maximum atomic E-state index is 10.8. The number of hydrogen-bond donors (Lipinski definition) is 0. The summed E-state index contributed by atoms with van der Waals surface area (Å²) in [6.07, 6.45) is 1.44. The molecule has 6 nitrogen and oxygen atoms in total. The fourth-order valence-electron chi connectivity index (χ4n) is 2.53. The van der Waals surface area contributed by atoms with E-state index in [4.69, 9.17) is 44.4 Å². The van der Waals surface area contributed by atoms with Gasteiger partial charge in [-0.15, -0.1) is 0 Å². The average Bonchev–Trinajstić information content (AvgIpc) is 2.72. The summed E-state index contributed by atoms with van der Waals surface area (Å²) in [5.74, 6) is 0.341. The van der Waals surface area contributed by atoms with Gasteiger partial charge >= 0.3 is 0 Å². The molecule has 0 unspecified atom stereocenters. The molecule has 3 rings (SSSR count). The number of rotatable bonds is 8. The molecule has 154 valence electrons. The van der Waals surface area contributed by atoms with Gasteiger partial charge in [-0.3, -0.25) is 10.1 Å². The smallest absolute Gasteiger partial charge is 0.269 e. The molecular formula is C21H15Cl3N2O4. The third kappa shape index (κ3) is 5.86. The van der Waals surface area contributed by atoms with Gasteiger partial charge < -0.3 is 9.57 Å². The summed E-state index contributed by atoms with van der Waals surface area (Å²) < 4.78 is 5.72. The van der Waals surface area contributed by atoms with Gasteiger partial charge in [0.1, 0.15) is 13.2 Å². The predicted octanol–water partition coefficient (Wildman–Crippen LogP) is 6.68. The average molecular weight is 466 g/mol. The van der Waals surface area contributed by atoms with Crippen LogP contribution in [-0.4, -0.2) is 11.1 Å². The number of halogens is 3. The summed E-state index contributed by atoms with van der Waals surface area (Å²) in [5.41, 5.74) is 2.03. The molecule has 0 saturated heterocycles. The van der Waals surface area contributed by atoms with Gasteiger partial charge in [0.25, 0.3) is 5.69 Å². The Kier molecular flexibility index (Phi) is 7.52. The number of benzene rings is 3. The highest BCUT2D eigenvalue weighted by molar-refractivity contribution is 6.37. The van der Waals surface area contributed by atoms with Crippen molar-refractivity contribution in [3.05, 3.63) is 103 Å². The van der Waals surface area contributed by atoms with Gasteiger partial charge in [-0.2, -0.15) is 0 Å². The molecule has 3 aromatic carbocycles. The zero-order valence-corrected chi connectivity index (χ0v) is 17.7. The molecule has 0 amide bonds. The van der Waals surface area contributed by atoms with Crippen LogP contribution in [0.4, 0.5) is 5.69 Å². The molecule has 0 aliphatic carbocycles. The molecule has 0 radical (unpaired) electrons. The summed E-state index contributed by atoms with van der Waals surface area (Å²) in [7, 11) is 0. The normalized spacial score (nSPS) is 10.9. The third-order valence-electron chi connectivity index (χ3n) is 3.98. The maximum Gasteiger partial charge on any atom is 0.269 e. The van der Waals surface area contributed by atoms with Crippen molar-refractivity contribution in [2.24, 2.45) is 5.16 Å². The number of oxime groups is 1. The summed E-state index contributed by atoms with van der Waals surface area (Å²) in [4.78, 5) is 15.5. The summed E-state index contributed by atoms with van der Waals surface area (Å²) in [6.45, 7) is 0.303.